The number of benzene rings is 2. The highest BCUT2D eigenvalue weighted by Gasteiger charge is 2.25. The lowest BCUT2D eigenvalue weighted by Crippen LogP contribution is -2.38. The third-order valence-corrected chi connectivity index (χ3v) is 5.28. The Morgan fingerprint density at radius 3 is 2.54 bits per heavy atom. The van der Waals surface area contributed by atoms with Crippen LogP contribution in [0.1, 0.15) is 29.9 Å². The molecule has 126 valence electrons. The second-order valence-electron chi connectivity index (χ2n) is 5.97. The number of nitrogens with zero attached hydrogens (tertiary/aromatic N) is 1. The van der Waals surface area contributed by atoms with Gasteiger partial charge in [0.05, 0.1) is 0 Å². The standard InChI is InChI=1S/C19H19BrClNO2/c20-18-12-16(21)6-7-17(18)15-8-10-22(11-9-15)19(23)24-13-14-4-2-1-3-5-14/h1-7,12,15H,8-11,13H2. The van der Waals surface area contributed by atoms with Gasteiger partial charge in [0.1, 0.15) is 6.61 Å². The SMILES string of the molecule is O=C(OCc1ccccc1)N1CCC(c2ccc(Cl)cc2Br)CC1. The lowest BCUT2D eigenvalue weighted by molar-refractivity contribution is 0.0870. The zero-order valence-corrected chi connectivity index (χ0v) is 15.6. The van der Waals surface area contributed by atoms with Crippen LogP contribution < -0.4 is 0 Å². The van der Waals surface area contributed by atoms with Crippen LogP contribution in [0.15, 0.2) is 53.0 Å². The van der Waals surface area contributed by atoms with Gasteiger partial charge in [0.25, 0.3) is 0 Å². The molecule has 3 nitrogen and oxygen atoms in total. The predicted octanol–water partition coefficient (Wildman–Crippen LogP) is 5.62. The number of amides is 1. The lowest BCUT2D eigenvalue weighted by atomic mass is 9.89. The van der Waals surface area contributed by atoms with Crippen molar-refractivity contribution in [3.05, 3.63) is 69.2 Å². The Hall–Kier alpha value is -1.52. The normalized spacial score (nSPS) is 15.3. The lowest BCUT2D eigenvalue weighted by Gasteiger charge is -2.32. The summed E-state index contributed by atoms with van der Waals surface area (Å²) >= 11 is 9.59. The molecular weight excluding hydrogens is 390 g/mol. The van der Waals surface area contributed by atoms with E-state index in [4.69, 9.17) is 16.3 Å². The molecule has 1 heterocycles. The van der Waals surface area contributed by atoms with E-state index in [9.17, 15) is 4.79 Å². The van der Waals surface area contributed by atoms with Crippen molar-refractivity contribution in [1.29, 1.82) is 0 Å². The minimum Gasteiger partial charge on any atom is -0.445 e. The molecule has 5 heteroatoms. The van der Waals surface area contributed by atoms with Crippen molar-refractivity contribution < 1.29 is 9.53 Å². The van der Waals surface area contributed by atoms with E-state index in [1.54, 1.807) is 4.90 Å². The zero-order chi connectivity index (χ0) is 16.9. The maximum atomic E-state index is 12.2. The molecule has 0 N–H and O–H groups in total. The smallest absolute Gasteiger partial charge is 0.410 e. The molecule has 0 spiro atoms. The molecule has 1 aliphatic rings. The van der Waals surface area contributed by atoms with Crippen LogP contribution in [0, 0.1) is 0 Å². The summed E-state index contributed by atoms with van der Waals surface area (Å²) in [5, 5.41) is 0.729. The van der Waals surface area contributed by atoms with Crippen LogP contribution in [0.2, 0.25) is 5.02 Å². The topological polar surface area (TPSA) is 29.5 Å². The Labute approximate surface area is 155 Å². The van der Waals surface area contributed by atoms with Gasteiger partial charge in [-0.1, -0.05) is 63.9 Å². The Kier molecular flexibility index (Phi) is 5.80. The van der Waals surface area contributed by atoms with Gasteiger partial charge in [-0.05, 0) is 42.0 Å². The van der Waals surface area contributed by atoms with E-state index in [1.165, 1.54) is 5.56 Å². The Morgan fingerprint density at radius 1 is 1.17 bits per heavy atom. The third kappa shape index (κ3) is 4.31. The molecule has 1 aliphatic heterocycles. The van der Waals surface area contributed by atoms with E-state index in [2.05, 4.69) is 22.0 Å². The molecule has 0 saturated carbocycles. The first-order chi connectivity index (χ1) is 11.6. The molecule has 1 saturated heterocycles. The van der Waals surface area contributed by atoms with Crippen molar-refractivity contribution >= 4 is 33.6 Å². The van der Waals surface area contributed by atoms with E-state index >= 15 is 0 Å². The summed E-state index contributed by atoms with van der Waals surface area (Å²) in [5.41, 5.74) is 2.27. The van der Waals surface area contributed by atoms with Gasteiger partial charge >= 0.3 is 6.09 Å². The fourth-order valence-electron chi connectivity index (χ4n) is 3.02. The van der Waals surface area contributed by atoms with Crippen LogP contribution in [-0.4, -0.2) is 24.1 Å². The number of rotatable bonds is 3. The molecule has 1 amide bonds. The van der Waals surface area contributed by atoms with Crippen LogP contribution in [0.5, 0.6) is 0 Å². The number of piperidine rings is 1. The second-order valence-corrected chi connectivity index (χ2v) is 7.26. The Balaban J connectivity index is 1.52. The third-order valence-electron chi connectivity index (χ3n) is 4.36. The van der Waals surface area contributed by atoms with Crippen molar-refractivity contribution in [3.63, 3.8) is 0 Å². The fourth-order valence-corrected chi connectivity index (χ4v) is 4.02. The van der Waals surface area contributed by atoms with Crippen molar-refractivity contribution in [1.82, 2.24) is 4.90 Å². The predicted molar refractivity (Wildman–Crippen MR) is 99.3 cm³/mol. The number of likely N-dealkylation sites (tertiary alicyclic amines) is 1. The average molecular weight is 409 g/mol. The number of hydrogen-bond acceptors (Lipinski definition) is 2. The summed E-state index contributed by atoms with van der Waals surface area (Å²) in [6, 6.07) is 15.7. The average Bonchev–Trinajstić information content (AvgIpc) is 2.61. The summed E-state index contributed by atoms with van der Waals surface area (Å²) < 4.78 is 6.45. The first kappa shape index (κ1) is 17.3. The molecule has 0 radical (unpaired) electrons. The van der Waals surface area contributed by atoms with Gasteiger partial charge in [0, 0.05) is 22.6 Å². The van der Waals surface area contributed by atoms with Crippen molar-refractivity contribution in [3.8, 4) is 0 Å². The maximum Gasteiger partial charge on any atom is 0.410 e. The van der Waals surface area contributed by atoms with Crippen LogP contribution in [-0.2, 0) is 11.3 Å². The van der Waals surface area contributed by atoms with Gasteiger partial charge in [0.2, 0.25) is 0 Å². The Morgan fingerprint density at radius 2 is 1.88 bits per heavy atom. The van der Waals surface area contributed by atoms with Crippen LogP contribution in [0.3, 0.4) is 0 Å². The van der Waals surface area contributed by atoms with Gasteiger partial charge in [-0.15, -0.1) is 0 Å². The highest BCUT2D eigenvalue weighted by molar-refractivity contribution is 9.10. The minimum atomic E-state index is -0.229. The number of carbonyl (C=O) groups is 1. The van der Waals surface area contributed by atoms with E-state index in [1.807, 2.05) is 42.5 Å². The van der Waals surface area contributed by atoms with E-state index in [0.717, 1.165) is 27.9 Å². The highest BCUT2D eigenvalue weighted by atomic mass is 79.9. The van der Waals surface area contributed by atoms with Crippen LogP contribution >= 0.6 is 27.5 Å². The molecule has 0 unspecified atom stereocenters. The van der Waals surface area contributed by atoms with Crippen LogP contribution in [0.25, 0.3) is 0 Å². The summed E-state index contributed by atoms with van der Waals surface area (Å²) in [7, 11) is 0. The van der Waals surface area contributed by atoms with Gasteiger partial charge < -0.3 is 9.64 Å². The molecule has 0 atom stereocenters. The van der Waals surface area contributed by atoms with E-state index in [-0.39, 0.29) is 6.09 Å². The molecule has 0 bridgehead atoms. The van der Waals surface area contributed by atoms with E-state index < -0.39 is 0 Å². The van der Waals surface area contributed by atoms with Gasteiger partial charge in [0.15, 0.2) is 0 Å². The molecule has 2 aromatic rings. The van der Waals surface area contributed by atoms with Gasteiger partial charge in [-0.2, -0.15) is 0 Å². The Bertz CT molecular complexity index is 700. The molecule has 2 aromatic carbocycles. The zero-order valence-electron chi connectivity index (χ0n) is 13.3. The summed E-state index contributed by atoms with van der Waals surface area (Å²) in [4.78, 5) is 14.0. The van der Waals surface area contributed by atoms with Crippen LogP contribution in [0.4, 0.5) is 4.79 Å². The molecule has 1 fully saturated rings. The first-order valence-corrected chi connectivity index (χ1v) is 9.21. The van der Waals surface area contributed by atoms with Crippen molar-refractivity contribution in [2.24, 2.45) is 0 Å². The summed E-state index contributed by atoms with van der Waals surface area (Å²) in [5.74, 6) is 0.440. The highest BCUT2D eigenvalue weighted by Crippen LogP contribution is 2.34. The number of halogens is 2. The van der Waals surface area contributed by atoms with Gasteiger partial charge in [-0.25, -0.2) is 4.79 Å². The quantitative estimate of drug-likeness (QED) is 0.660. The molecular formula is C19H19BrClNO2. The number of carbonyl (C=O) groups excluding carboxylic acids is 1. The largest absolute Gasteiger partial charge is 0.445 e. The summed E-state index contributed by atoms with van der Waals surface area (Å²) in [6.45, 7) is 1.75. The fraction of sp³-hybridized carbons (Fsp3) is 0.316. The van der Waals surface area contributed by atoms with Crippen molar-refractivity contribution in [2.45, 2.75) is 25.4 Å². The molecule has 24 heavy (non-hydrogen) atoms. The monoisotopic (exact) mass is 407 g/mol. The molecule has 3 rings (SSSR count). The minimum absolute atomic E-state index is 0.229. The van der Waals surface area contributed by atoms with Gasteiger partial charge in [-0.3, -0.25) is 0 Å². The summed E-state index contributed by atoms with van der Waals surface area (Å²) in [6.07, 6.45) is 1.63. The van der Waals surface area contributed by atoms with Crippen molar-refractivity contribution in [2.75, 3.05) is 13.1 Å². The molecule has 0 aliphatic carbocycles. The maximum absolute atomic E-state index is 12.2. The number of ether oxygens (including phenoxy) is 1. The first-order valence-electron chi connectivity index (χ1n) is 8.04. The number of hydrogen-bond donors (Lipinski definition) is 0. The van der Waals surface area contributed by atoms with E-state index in [0.29, 0.717) is 25.6 Å². The molecule has 0 aromatic heterocycles. The second kappa shape index (κ2) is 8.04.